The highest BCUT2D eigenvalue weighted by Crippen LogP contribution is 2.41. The molecule has 1 amide bonds. The van der Waals surface area contributed by atoms with Crippen LogP contribution in [-0.2, 0) is 5.54 Å². The number of hydrogen-bond acceptors (Lipinski definition) is 6. The maximum atomic E-state index is 12.8. The monoisotopic (exact) mass is 421 g/mol. The first-order valence-corrected chi connectivity index (χ1v) is 9.41. The fourth-order valence-corrected chi connectivity index (χ4v) is 3.77. The third kappa shape index (κ3) is 3.88. The van der Waals surface area contributed by atoms with Gasteiger partial charge in [-0.05, 0) is 29.8 Å². The van der Waals surface area contributed by atoms with Crippen LogP contribution in [0.15, 0.2) is 54.3 Å². The van der Waals surface area contributed by atoms with E-state index < -0.39 is 11.9 Å². The number of carbonyl (C=O) groups is 1. The van der Waals surface area contributed by atoms with E-state index in [9.17, 15) is 18.0 Å². The minimum atomic E-state index is -4.79. The minimum absolute atomic E-state index is 0.294. The number of nitrogens with zero attached hydrogens (tertiary/aromatic N) is 2. The first-order chi connectivity index (χ1) is 13.9. The van der Waals surface area contributed by atoms with Crippen molar-refractivity contribution in [1.82, 2.24) is 15.3 Å². The van der Waals surface area contributed by atoms with E-state index in [-0.39, 0.29) is 11.7 Å². The zero-order valence-corrected chi connectivity index (χ0v) is 15.6. The number of hydrogen-bond donors (Lipinski definition) is 1. The summed E-state index contributed by atoms with van der Waals surface area (Å²) >= 11 is 1.18. The second-order valence-corrected chi connectivity index (χ2v) is 7.13. The Balaban J connectivity index is 1.77. The lowest BCUT2D eigenvalue weighted by atomic mass is 9.81. The van der Waals surface area contributed by atoms with Crippen LogP contribution in [0, 0.1) is 0 Å². The fraction of sp³-hybridized carbons (Fsp3) is 0.211. The van der Waals surface area contributed by atoms with E-state index >= 15 is 0 Å². The number of aromatic nitrogens is 2. The first-order valence-electron chi connectivity index (χ1n) is 8.53. The van der Waals surface area contributed by atoms with Crippen molar-refractivity contribution in [2.24, 2.45) is 0 Å². The van der Waals surface area contributed by atoms with Crippen molar-refractivity contribution in [1.29, 1.82) is 0 Å². The standard InChI is InChI=1S/C19H14F3N3O3S/c20-19(21,22)28-13-5-3-12(4-6-13)18(25-17(26)15-10-23-11-29-15)7-9-27-14-2-1-8-24-16(14)18/h1-6,8,10-11H,7,9H2,(H,25,26)/t18-/m0/s1. The molecule has 1 N–H and O–H groups in total. The van der Waals surface area contributed by atoms with Crippen molar-refractivity contribution < 1.29 is 27.4 Å². The summed E-state index contributed by atoms with van der Waals surface area (Å²) in [6, 6.07) is 8.83. The average Bonchev–Trinajstić information content (AvgIpc) is 3.22. The molecule has 0 radical (unpaired) electrons. The van der Waals surface area contributed by atoms with Gasteiger partial charge in [0, 0.05) is 12.6 Å². The lowest BCUT2D eigenvalue weighted by Gasteiger charge is -2.38. The van der Waals surface area contributed by atoms with Gasteiger partial charge in [0.15, 0.2) is 0 Å². The van der Waals surface area contributed by atoms with Crippen LogP contribution in [0.25, 0.3) is 0 Å². The van der Waals surface area contributed by atoms with Gasteiger partial charge < -0.3 is 14.8 Å². The highest BCUT2D eigenvalue weighted by atomic mass is 32.1. The molecule has 1 atom stereocenters. The molecule has 3 aromatic rings. The second-order valence-electron chi connectivity index (χ2n) is 6.25. The topological polar surface area (TPSA) is 73.3 Å². The van der Waals surface area contributed by atoms with Crippen molar-refractivity contribution in [3.8, 4) is 11.5 Å². The van der Waals surface area contributed by atoms with E-state index in [0.717, 1.165) is 0 Å². The molecule has 0 fully saturated rings. The summed E-state index contributed by atoms with van der Waals surface area (Å²) in [6.45, 7) is 0.294. The molecule has 2 aromatic heterocycles. The fourth-order valence-electron chi connectivity index (χ4n) is 3.26. The summed E-state index contributed by atoms with van der Waals surface area (Å²) in [5.74, 6) is -0.209. The number of alkyl halides is 3. The van der Waals surface area contributed by atoms with Crippen molar-refractivity contribution in [2.75, 3.05) is 6.61 Å². The van der Waals surface area contributed by atoms with Crippen molar-refractivity contribution in [3.63, 3.8) is 0 Å². The van der Waals surface area contributed by atoms with E-state index in [1.807, 2.05) is 0 Å². The Kier molecular flexibility index (Phi) is 4.87. The van der Waals surface area contributed by atoms with E-state index in [1.54, 1.807) is 23.8 Å². The smallest absolute Gasteiger partial charge is 0.491 e. The predicted octanol–water partition coefficient (Wildman–Crippen LogP) is 3.89. The number of ether oxygens (including phenoxy) is 2. The molecule has 0 bridgehead atoms. The van der Waals surface area contributed by atoms with E-state index in [2.05, 4.69) is 20.0 Å². The zero-order chi connectivity index (χ0) is 20.5. The largest absolute Gasteiger partial charge is 0.573 e. The molecule has 1 aliphatic rings. The van der Waals surface area contributed by atoms with Gasteiger partial charge in [0.2, 0.25) is 0 Å². The summed E-state index contributed by atoms with van der Waals surface area (Å²) in [6.07, 6.45) is -1.41. The lowest BCUT2D eigenvalue weighted by Crippen LogP contribution is -2.50. The number of nitrogens with one attached hydrogen (secondary N) is 1. The van der Waals surface area contributed by atoms with Crippen LogP contribution >= 0.6 is 11.3 Å². The van der Waals surface area contributed by atoms with Crippen molar-refractivity contribution in [3.05, 3.63) is 70.4 Å². The first kappa shape index (κ1) is 19.2. The molecule has 10 heteroatoms. The molecule has 150 valence electrons. The maximum Gasteiger partial charge on any atom is 0.573 e. The Morgan fingerprint density at radius 2 is 2.03 bits per heavy atom. The van der Waals surface area contributed by atoms with Gasteiger partial charge in [-0.15, -0.1) is 24.5 Å². The molecule has 29 heavy (non-hydrogen) atoms. The lowest BCUT2D eigenvalue weighted by molar-refractivity contribution is -0.274. The highest BCUT2D eigenvalue weighted by Gasteiger charge is 2.43. The van der Waals surface area contributed by atoms with Gasteiger partial charge in [0.1, 0.15) is 27.6 Å². The average molecular weight is 421 g/mol. The normalized spacial score (nSPS) is 18.4. The highest BCUT2D eigenvalue weighted by molar-refractivity contribution is 7.11. The molecule has 1 aromatic carbocycles. The maximum absolute atomic E-state index is 12.8. The van der Waals surface area contributed by atoms with E-state index in [1.165, 1.54) is 41.8 Å². The van der Waals surface area contributed by atoms with Crippen LogP contribution in [0.1, 0.15) is 27.3 Å². The van der Waals surface area contributed by atoms with Crippen LogP contribution in [-0.4, -0.2) is 28.8 Å². The minimum Gasteiger partial charge on any atom is -0.491 e. The van der Waals surface area contributed by atoms with Crippen LogP contribution < -0.4 is 14.8 Å². The molecule has 6 nitrogen and oxygen atoms in total. The quantitative estimate of drug-likeness (QED) is 0.692. The third-order valence-electron chi connectivity index (χ3n) is 4.47. The Morgan fingerprint density at radius 3 is 2.72 bits per heavy atom. The molecule has 1 aliphatic heterocycles. The summed E-state index contributed by atoms with van der Waals surface area (Å²) in [7, 11) is 0. The molecule has 4 rings (SSSR count). The number of amides is 1. The molecule has 0 aliphatic carbocycles. The van der Waals surface area contributed by atoms with Crippen LogP contribution in [0.2, 0.25) is 0 Å². The van der Waals surface area contributed by atoms with Gasteiger partial charge in [-0.3, -0.25) is 14.8 Å². The van der Waals surface area contributed by atoms with Gasteiger partial charge in [-0.2, -0.15) is 0 Å². The van der Waals surface area contributed by atoms with Gasteiger partial charge >= 0.3 is 6.36 Å². The summed E-state index contributed by atoms with van der Waals surface area (Å²) in [5.41, 5.74) is 1.51. The Hall–Kier alpha value is -3.14. The molecule has 0 unspecified atom stereocenters. The third-order valence-corrected chi connectivity index (χ3v) is 5.25. The number of benzene rings is 1. The summed E-state index contributed by atoms with van der Waals surface area (Å²) in [4.78, 5) is 21.6. The molecule has 3 heterocycles. The molecule has 0 saturated heterocycles. The molecular weight excluding hydrogens is 407 g/mol. The zero-order valence-electron chi connectivity index (χ0n) is 14.8. The Bertz CT molecular complexity index is 1010. The molecule has 0 spiro atoms. The Labute approximate surface area is 167 Å². The van der Waals surface area contributed by atoms with E-state index in [4.69, 9.17) is 4.74 Å². The van der Waals surface area contributed by atoms with Crippen LogP contribution in [0.5, 0.6) is 11.5 Å². The predicted molar refractivity (Wildman–Crippen MR) is 97.8 cm³/mol. The van der Waals surface area contributed by atoms with Crippen LogP contribution in [0.4, 0.5) is 13.2 Å². The van der Waals surface area contributed by atoms with Gasteiger partial charge in [-0.25, -0.2) is 0 Å². The molecule has 0 saturated carbocycles. The summed E-state index contributed by atoms with van der Waals surface area (Å²) < 4.78 is 47.1. The second kappa shape index (κ2) is 7.36. The summed E-state index contributed by atoms with van der Waals surface area (Å²) in [5, 5.41) is 3.00. The van der Waals surface area contributed by atoms with Crippen molar-refractivity contribution >= 4 is 17.2 Å². The Morgan fingerprint density at radius 1 is 1.24 bits per heavy atom. The van der Waals surface area contributed by atoms with Gasteiger partial charge in [0.05, 0.1) is 18.3 Å². The number of halogens is 3. The van der Waals surface area contributed by atoms with Crippen molar-refractivity contribution in [2.45, 2.75) is 18.3 Å². The number of carbonyl (C=O) groups excluding carboxylic acids is 1. The molecular formula is C19H14F3N3O3S. The van der Waals surface area contributed by atoms with Gasteiger partial charge in [-0.1, -0.05) is 12.1 Å². The SMILES string of the molecule is O=C(N[C@]1(c2ccc(OC(F)(F)F)cc2)CCOc2cccnc21)c1cncs1. The van der Waals surface area contributed by atoms with Gasteiger partial charge in [0.25, 0.3) is 5.91 Å². The number of fused-ring (bicyclic) bond motifs is 1. The number of rotatable bonds is 4. The number of pyridine rings is 1. The number of thiazole rings is 1. The van der Waals surface area contributed by atoms with Crippen LogP contribution in [0.3, 0.4) is 0 Å². The van der Waals surface area contributed by atoms with E-state index in [0.29, 0.717) is 34.9 Å².